The number of allylic oxidation sites excluding steroid dienone is 4. The van der Waals surface area contributed by atoms with Gasteiger partial charge in [-0.05, 0) is 56.8 Å². The third kappa shape index (κ3) is 12.7. The van der Waals surface area contributed by atoms with Gasteiger partial charge in [-0.3, -0.25) is 9.59 Å². The van der Waals surface area contributed by atoms with Crippen LogP contribution >= 0.6 is 21.6 Å². The SMILES string of the molecule is CO[C@@H](/C(C)=C/C=C/C(C)=C/c1coc(C)n1)[C@@H](C)[C@@H]1C[C@H](OC(=O)OCCSSC[C@H](C)C(=O)O)[C@@]2(C)O[C@@H]2/C=C/[C@@H](C)[C@H]2C[C@H](CC(=O)O2)C[C@H]2O[C@H]2C(=O)O1. The van der Waals surface area contributed by atoms with Crippen LogP contribution in [0.15, 0.2) is 52.2 Å². The Morgan fingerprint density at radius 2 is 1.86 bits per heavy atom. The van der Waals surface area contributed by atoms with Gasteiger partial charge in [-0.1, -0.05) is 72.7 Å². The summed E-state index contributed by atoms with van der Waals surface area (Å²) in [6.07, 6.45) is 9.54. The summed E-state index contributed by atoms with van der Waals surface area (Å²) in [5, 5.41) is 9.12. The number of carboxylic acids is 1. The van der Waals surface area contributed by atoms with Crippen molar-refractivity contribution in [3.8, 4) is 0 Å². The zero-order chi connectivity index (χ0) is 42.1. The highest BCUT2D eigenvalue weighted by Gasteiger charge is 2.60. The lowest BCUT2D eigenvalue weighted by Gasteiger charge is -2.33. The van der Waals surface area contributed by atoms with Crippen LogP contribution in [0.5, 0.6) is 0 Å². The lowest BCUT2D eigenvalue weighted by Crippen LogP contribution is -2.43. The first kappa shape index (κ1) is 45.5. The molecule has 1 N–H and O–H groups in total. The second-order valence-corrected chi connectivity index (χ2v) is 18.5. The lowest BCUT2D eigenvalue weighted by molar-refractivity contribution is -0.159. The molecule has 0 aromatic carbocycles. The van der Waals surface area contributed by atoms with E-state index < -0.39 is 66.1 Å². The van der Waals surface area contributed by atoms with Crippen LogP contribution in [0.1, 0.15) is 78.8 Å². The van der Waals surface area contributed by atoms with E-state index in [0.29, 0.717) is 30.2 Å². The molecule has 320 valence electrons. The molecule has 0 radical (unpaired) electrons. The van der Waals surface area contributed by atoms with Gasteiger partial charge in [-0.15, -0.1) is 0 Å². The second-order valence-electron chi connectivity index (χ2n) is 15.9. The fourth-order valence-electron chi connectivity index (χ4n) is 7.37. The number of carbonyl (C=O) groups is 4. The Labute approximate surface area is 348 Å². The fourth-order valence-corrected chi connectivity index (χ4v) is 9.54. The Morgan fingerprint density at radius 1 is 1.10 bits per heavy atom. The van der Waals surface area contributed by atoms with Gasteiger partial charge in [0.05, 0.1) is 18.1 Å². The Morgan fingerprint density at radius 3 is 2.57 bits per heavy atom. The number of hydrogen-bond acceptors (Lipinski definition) is 15. The number of epoxide rings is 2. The average molecular weight is 848 g/mol. The number of aryl methyl sites for hydroxylation is 1. The molecule has 0 amide bonds. The molecule has 4 aliphatic heterocycles. The normalized spacial score (nSPS) is 32.5. The van der Waals surface area contributed by atoms with Gasteiger partial charge in [0.2, 0.25) is 0 Å². The Kier molecular flexibility index (Phi) is 16.2. The number of cyclic esters (lactones) is 1. The molecule has 3 saturated heterocycles. The number of methoxy groups -OCH3 is 1. The summed E-state index contributed by atoms with van der Waals surface area (Å²) in [5.41, 5.74) is 1.55. The van der Waals surface area contributed by atoms with E-state index in [4.69, 9.17) is 42.7 Å². The molecule has 5 heterocycles. The highest BCUT2D eigenvalue weighted by atomic mass is 33.1. The fraction of sp³-hybridized carbons (Fsp3) is 0.643. The molecule has 14 nitrogen and oxygen atoms in total. The number of rotatable bonds is 15. The topological polar surface area (TPSA) is 186 Å². The Hall–Kier alpha value is -3.57. The van der Waals surface area contributed by atoms with Crippen molar-refractivity contribution >= 4 is 51.7 Å². The monoisotopic (exact) mass is 847 g/mol. The van der Waals surface area contributed by atoms with E-state index in [1.165, 1.54) is 21.6 Å². The number of oxazole rings is 1. The van der Waals surface area contributed by atoms with Crippen molar-refractivity contribution in [1.29, 1.82) is 0 Å². The summed E-state index contributed by atoms with van der Waals surface area (Å²) in [6.45, 7) is 13.1. The van der Waals surface area contributed by atoms with Crippen LogP contribution in [0.4, 0.5) is 4.79 Å². The molecule has 0 saturated carbocycles. The van der Waals surface area contributed by atoms with E-state index in [2.05, 4.69) is 4.98 Å². The molecule has 1 aromatic heterocycles. The van der Waals surface area contributed by atoms with Crippen molar-refractivity contribution in [2.75, 3.05) is 25.2 Å². The first-order valence-corrected chi connectivity index (χ1v) is 22.3. The van der Waals surface area contributed by atoms with Gasteiger partial charge in [-0.25, -0.2) is 14.6 Å². The van der Waals surface area contributed by atoms with E-state index in [1.807, 2.05) is 71.1 Å². The van der Waals surface area contributed by atoms with Crippen LogP contribution in [0, 0.1) is 30.6 Å². The molecular formula is C42H57NO13S2. The number of aromatic nitrogens is 1. The predicted molar refractivity (Wildman–Crippen MR) is 218 cm³/mol. The zero-order valence-electron chi connectivity index (χ0n) is 34.5. The summed E-state index contributed by atoms with van der Waals surface area (Å²) in [5.74, 6) is -1.30. The molecule has 1 aromatic rings. The highest BCUT2D eigenvalue weighted by Crippen LogP contribution is 2.46. The van der Waals surface area contributed by atoms with Crippen molar-refractivity contribution in [3.63, 3.8) is 0 Å². The maximum atomic E-state index is 13.8. The molecule has 12 atom stereocenters. The van der Waals surface area contributed by atoms with E-state index in [1.54, 1.807) is 27.2 Å². The molecule has 0 spiro atoms. The smallest absolute Gasteiger partial charge is 0.481 e. The number of fused-ring (bicyclic) bond motifs is 4. The van der Waals surface area contributed by atoms with Crippen LogP contribution in [0.2, 0.25) is 0 Å². The number of hydrogen-bond donors (Lipinski definition) is 1. The molecule has 5 rings (SSSR count). The van der Waals surface area contributed by atoms with E-state index in [9.17, 15) is 19.2 Å². The molecule has 0 aliphatic carbocycles. The highest BCUT2D eigenvalue weighted by molar-refractivity contribution is 8.76. The maximum absolute atomic E-state index is 13.8. The standard InChI is InChI=1S/C42H57NO13S2/c1-23(16-30-21-51-28(6)43-30)10-9-11-25(3)37(49-8)27(5)32-20-35(55-41(48)50-14-15-57-58-22-26(4)39(45)46)42(7)34(56-42)13-12-24(2)31-17-29(19-36(44)52-31)18-33-38(53-33)40(47)54-32/h9-13,16,21,24,26-27,29,31-35,37-38H,14-15,17-20,22H2,1-8H3,(H,45,46)/b10-9+,13-12+,23-16+,25-11+/t24-,26+,27+,29+,31-,32+,33-,34-,35+,37+,38-,42+/m1/s1. The van der Waals surface area contributed by atoms with Gasteiger partial charge in [0.1, 0.15) is 48.6 Å². The summed E-state index contributed by atoms with van der Waals surface area (Å²) in [7, 11) is 4.39. The van der Waals surface area contributed by atoms with E-state index in [-0.39, 0.29) is 49.5 Å². The molecule has 58 heavy (non-hydrogen) atoms. The van der Waals surface area contributed by atoms with E-state index >= 15 is 0 Å². The molecular weight excluding hydrogens is 791 g/mol. The molecule has 16 heteroatoms. The Bertz CT molecular complexity index is 1740. The van der Waals surface area contributed by atoms with Gasteiger partial charge < -0.3 is 42.7 Å². The number of carboxylic acid groups (broad SMARTS) is 1. The van der Waals surface area contributed by atoms with Crippen molar-refractivity contribution in [2.24, 2.45) is 23.7 Å². The van der Waals surface area contributed by atoms with Crippen LogP contribution < -0.4 is 0 Å². The predicted octanol–water partition coefficient (Wildman–Crippen LogP) is 7.31. The number of aliphatic carboxylic acids is 1. The minimum absolute atomic E-state index is 0.00122. The van der Waals surface area contributed by atoms with Gasteiger partial charge in [0.25, 0.3) is 0 Å². The van der Waals surface area contributed by atoms with Crippen molar-refractivity contribution < 1.29 is 61.9 Å². The maximum Gasteiger partial charge on any atom is 0.508 e. The third-order valence-corrected chi connectivity index (χ3v) is 13.6. The van der Waals surface area contributed by atoms with Crippen LogP contribution in [0.25, 0.3) is 6.08 Å². The van der Waals surface area contributed by atoms with Gasteiger partial charge >= 0.3 is 24.1 Å². The lowest BCUT2D eigenvalue weighted by atomic mass is 9.84. The molecule has 3 fully saturated rings. The number of nitrogens with zero attached hydrogens (tertiary/aromatic N) is 1. The van der Waals surface area contributed by atoms with Gasteiger partial charge in [-0.2, -0.15) is 0 Å². The van der Waals surface area contributed by atoms with Crippen LogP contribution in [0.3, 0.4) is 0 Å². The summed E-state index contributed by atoms with van der Waals surface area (Å²) in [4.78, 5) is 55.1. The van der Waals surface area contributed by atoms with Crippen LogP contribution in [-0.2, 0) is 47.5 Å². The quantitative estimate of drug-likeness (QED) is 0.0352. The minimum atomic E-state index is -0.999. The van der Waals surface area contributed by atoms with Crippen molar-refractivity contribution in [3.05, 3.63) is 59.4 Å². The summed E-state index contributed by atoms with van der Waals surface area (Å²) < 4.78 is 46.9. The van der Waals surface area contributed by atoms with Crippen LogP contribution in [-0.4, -0.2) is 108 Å². The largest absolute Gasteiger partial charge is 0.508 e. The Balaban J connectivity index is 1.36. The first-order chi connectivity index (χ1) is 27.6. The summed E-state index contributed by atoms with van der Waals surface area (Å²) in [6, 6.07) is 0. The molecule has 2 bridgehead atoms. The van der Waals surface area contributed by atoms with Gasteiger partial charge in [0.15, 0.2) is 12.0 Å². The number of carbonyl (C=O) groups excluding carboxylic acids is 3. The molecule has 4 aliphatic rings. The number of esters is 2. The van der Waals surface area contributed by atoms with E-state index in [0.717, 1.165) is 16.8 Å². The first-order valence-electron chi connectivity index (χ1n) is 19.8. The van der Waals surface area contributed by atoms with Crippen molar-refractivity contribution in [1.82, 2.24) is 4.98 Å². The zero-order valence-corrected chi connectivity index (χ0v) is 36.1. The third-order valence-electron chi connectivity index (χ3n) is 11.0. The molecule has 0 unspecified atom stereocenters. The van der Waals surface area contributed by atoms with Crippen molar-refractivity contribution in [2.45, 2.75) is 122 Å². The number of ether oxygens (including phenoxy) is 7. The minimum Gasteiger partial charge on any atom is -0.481 e. The second kappa shape index (κ2) is 20.6. The van der Waals surface area contributed by atoms with Gasteiger partial charge in [0, 0.05) is 50.2 Å². The average Bonchev–Trinajstić information content (AvgIpc) is 4.04. The summed E-state index contributed by atoms with van der Waals surface area (Å²) >= 11 is 0.